The lowest BCUT2D eigenvalue weighted by Gasteiger charge is -2.32. The highest BCUT2D eigenvalue weighted by atomic mass is 79.9. The molecule has 24 heavy (non-hydrogen) atoms. The summed E-state index contributed by atoms with van der Waals surface area (Å²) in [6, 6.07) is 4.33. The third kappa shape index (κ3) is 6.46. The summed E-state index contributed by atoms with van der Waals surface area (Å²) in [5.74, 6) is -0.762. The Bertz CT molecular complexity index is 699. The molecule has 1 fully saturated rings. The maximum absolute atomic E-state index is 13.7. The molecule has 6 nitrogen and oxygen atoms in total. The SMILES string of the molecule is CS(=O)(=O)NC1CCCN(CCC(=O)Nc2ccc(Br)cc2F)C1. The van der Waals surface area contributed by atoms with Gasteiger partial charge in [0.1, 0.15) is 5.82 Å². The molecule has 0 spiro atoms. The lowest BCUT2D eigenvalue weighted by Crippen LogP contribution is -2.47. The van der Waals surface area contributed by atoms with Crippen molar-refractivity contribution >= 4 is 37.5 Å². The Labute approximate surface area is 150 Å². The summed E-state index contributed by atoms with van der Waals surface area (Å²) >= 11 is 3.16. The van der Waals surface area contributed by atoms with Crippen LogP contribution in [0.2, 0.25) is 0 Å². The van der Waals surface area contributed by atoms with E-state index in [0.717, 1.165) is 25.6 Å². The van der Waals surface area contributed by atoms with Gasteiger partial charge in [0.15, 0.2) is 0 Å². The van der Waals surface area contributed by atoms with Gasteiger partial charge in [0.05, 0.1) is 11.9 Å². The molecule has 1 amide bonds. The summed E-state index contributed by atoms with van der Waals surface area (Å²) in [6.45, 7) is 1.90. The number of anilines is 1. The summed E-state index contributed by atoms with van der Waals surface area (Å²) in [5.41, 5.74) is 0.151. The third-order valence-electron chi connectivity index (χ3n) is 3.75. The first-order chi connectivity index (χ1) is 11.2. The first kappa shape index (κ1) is 19.3. The van der Waals surface area contributed by atoms with Crippen molar-refractivity contribution in [2.45, 2.75) is 25.3 Å². The van der Waals surface area contributed by atoms with Crippen LogP contribution in [0.1, 0.15) is 19.3 Å². The van der Waals surface area contributed by atoms with Gasteiger partial charge in [-0.1, -0.05) is 15.9 Å². The number of sulfonamides is 1. The van der Waals surface area contributed by atoms with Crippen molar-refractivity contribution in [3.05, 3.63) is 28.5 Å². The Kier molecular flexibility index (Phi) is 6.73. The lowest BCUT2D eigenvalue weighted by molar-refractivity contribution is -0.116. The largest absolute Gasteiger partial charge is 0.324 e. The monoisotopic (exact) mass is 421 g/mol. The number of hydrogen-bond acceptors (Lipinski definition) is 4. The second-order valence-corrected chi connectivity index (χ2v) is 8.65. The van der Waals surface area contributed by atoms with Gasteiger partial charge in [-0.15, -0.1) is 0 Å². The second-order valence-electron chi connectivity index (χ2n) is 5.95. The van der Waals surface area contributed by atoms with Gasteiger partial charge in [-0.05, 0) is 37.6 Å². The molecule has 2 rings (SSSR count). The second kappa shape index (κ2) is 8.37. The minimum atomic E-state index is -3.23. The molecule has 1 heterocycles. The molecule has 1 aliphatic rings. The summed E-state index contributed by atoms with van der Waals surface area (Å²) in [7, 11) is -3.23. The molecule has 2 N–H and O–H groups in total. The van der Waals surface area contributed by atoms with E-state index in [-0.39, 0.29) is 24.1 Å². The highest BCUT2D eigenvalue weighted by molar-refractivity contribution is 9.10. The van der Waals surface area contributed by atoms with Crippen LogP contribution in [0.3, 0.4) is 0 Å². The predicted molar refractivity (Wildman–Crippen MR) is 94.8 cm³/mol. The standard InChI is InChI=1S/C15H21BrFN3O3S/c1-24(22,23)19-12-3-2-7-20(10-12)8-6-15(21)18-14-5-4-11(16)9-13(14)17/h4-5,9,12,19H,2-3,6-8,10H2,1H3,(H,18,21). The van der Waals surface area contributed by atoms with Crippen LogP contribution in [0, 0.1) is 5.82 Å². The molecule has 0 saturated carbocycles. The van der Waals surface area contributed by atoms with Crippen molar-refractivity contribution in [3.8, 4) is 0 Å². The molecule has 1 atom stereocenters. The number of hydrogen-bond donors (Lipinski definition) is 2. The van der Waals surface area contributed by atoms with E-state index in [4.69, 9.17) is 0 Å². The highest BCUT2D eigenvalue weighted by Crippen LogP contribution is 2.19. The zero-order valence-corrected chi connectivity index (χ0v) is 15.8. The van der Waals surface area contributed by atoms with E-state index in [1.54, 1.807) is 6.07 Å². The first-order valence-electron chi connectivity index (χ1n) is 7.67. The Morgan fingerprint density at radius 1 is 1.46 bits per heavy atom. The van der Waals surface area contributed by atoms with Crippen LogP contribution in [0.5, 0.6) is 0 Å². The van der Waals surface area contributed by atoms with Crippen LogP contribution < -0.4 is 10.0 Å². The van der Waals surface area contributed by atoms with Crippen molar-refractivity contribution in [1.82, 2.24) is 9.62 Å². The zero-order valence-electron chi connectivity index (χ0n) is 13.4. The molecule has 0 aromatic heterocycles. The molecule has 0 bridgehead atoms. The quantitative estimate of drug-likeness (QED) is 0.735. The molecule has 0 radical (unpaired) electrons. The number of amides is 1. The van der Waals surface area contributed by atoms with Crippen LogP contribution in [0.15, 0.2) is 22.7 Å². The predicted octanol–water partition coefficient (Wildman–Crippen LogP) is 1.93. The third-order valence-corrected chi connectivity index (χ3v) is 5.00. The van der Waals surface area contributed by atoms with Crippen molar-refractivity contribution in [1.29, 1.82) is 0 Å². The van der Waals surface area contributed by atoms with Gasteiger partial charge in [0, 0.05) is 30.0 Å². The summed E-state index contributed by atoms with van der Waals surface area (Å²) in [6.07, 6.45) is 3.03. The number of nitrogens with one attached hydrogen (secondary N) is 2. The zero-order chi connectivity index (χ0) is 17.7. The number of halogens is 2. The number of likely N-dealkylation sites (tertiary alicyclic amines) is 1. The van der Waals surface area contributed by atoms with Gasteiger partial charge in [0.2, 0.25) is 15.9 Å². The topological polar surface area (TPSA) is 78.5 Å². The fraction of sp³-hybridized carbons (Fsp3) is 0.533. The average molecular weight is 422 g/mol. The number of carbonyl (C=O) groups excluding carboxylic acids is 1. The molecule has 1 saturated heterocycles. The summed E-state index contributed by atoms with van der Waals surface area (Å²) in [4.78, 5) is 14.0. The maximum Gasteiger partial charge on any atom is 0.225 e. The molecule has 1 aliphatic heterocycles. The van der Waals surface area contributed by atoms with Gasteiger partial charge < -0.3 is 10.2 Å². The van der Waals surface area contributed by atoms with E-state index in [1.807, 2.05) is 4.90 Å². The normalized spacial score (nSPS) is 19.2. The van der Waals surface area contributed by atoms with Crippen molar-refractivity contribution in [2.75, 3.05) is 31.2 Å². The van der Waals surface area contributed by atoms with Crippen LogP contribution in [-0.4, -0.2) is 51.2 Å². The fourth-order valence-corrected chi connectivity index (χ4v) is 3.85. The Hall–Kier alpha value is -1.03. The number of nitrogens with zero attached hydrogens (tertiary/aromatic N) is 1. The van der Waals surface area contributed by atoms with Gasteiger partial charge in [-0.25, -0.2) is 17.5 Å². The van der Waals surface area contributed by atoms with Gasteiger partial charge in [0.25, 0.3) is 0 Å². The number of benzene rings is 1. The van der Waals surface area contributed by atoms with E-state index in [1.165, 1.54) is 12.1 Å². The van der Waals surface area contributed by atoms with Gasteiger partial charge in [-0.3, -0.25) is 4.79 Å². The van der Waals surface area contributed by atoms with E-state index >= 15 is 0 Å². The van der Waals surface area contributed by atoms with Gasteiger partial charge in [-0.2, -0.15) is 0 Å². The molecule has 1 aromatic rings. The lowest BCUT2D eigenvalue weighted by atomic mass is 10.1. The molecule has 9 heteroatoms. The maximum atomic E-state index is 13.7. The van der Waals surface area contributed by atoms with E-state index < -0.39 is 15.8 Å². The van der Waals surface area contributed by atoms with Crippen LogP contribution in [0.25, 0.3) is 0 Å². The molecule has 134 valence electrons. The molecular formula is C15H21BrFN3O3S. The molecule has 0 aliphatic carbocycles. The van der Waals surface area contributed by atoms with Crippen LogP contribution >= 0.6 is 15.9 Å². The van der Waals surface area contributed by atoms with E-state index in [2.05, 4.69) is 26.0 Å². The van der Waals surface area contributed by atoms with E-state index in [9.17, 15) is 17.6 Å². The number of carbonyl (C=O) groups is 1. The Morgan fingerprint density at radius 3 is 2.88 bits per heavy atom. The van der Waals surface area contributed by atoms with Crippen LogP contribution in [0.4, 0.5) is 10.1 Å². The molecule has 1 aromatic carbocycles. The summed E-state index contributed by atoms with van der Waals surface area (Å²) in [5, 5.41) is 2.55. The highest BCUT2D eigenvalue weighted by Gasteiger charge is 2.22. The summed E-state index contributed by atoms with van der Waals surface area (Å²) < 4.78 is 39.5. The first-order valence-corrected chi connectivity index (χ1v) is 10.4. The number of piperidine rings is 1. The minimum Gasteiger partial charge on any atom is -0.324 e. The van der Waals surface area contributed by atoms with E-state index in [0.29, 0.717) is 17.6 Å². The van der Waals surface area contributed by atoms with Crippen molar-refractivity contribution < 1.29 is 17.6 Å². The fourth-order valence-electron chi connectivity index (χ4n) is 2.72. The Morgan fingerprint density at radius 2 is 2.21 bits per heavy atom. The van der Waals surface area contributed by atoms with Crippen molar-refractivity contribution in [3.63, 3.8) is 0 Å². The minimum absolute atomic E-state index is 0.124. The van der Waals surface area contributed by atoms with Gasteiger partial charge >= 0.3 is 0 Å². The molecule has 1 unspecified atom stereocenters. The Balaban J connectivity index is 1.80. The molecular weight excluding hydrogens is 401 g/mol. The average Bonchev–Trinajstić information content (AvgIpc) is 2.47. The van der Waals surface area contributed by atoms with Crippen molar-refractivity contribution in [2.24, 2.45) is 0 Å². The number of rotatable bonds is 6. The smallest absolute Gasteiger partial charge is 0.225 e. The van der Waals surface area contributed by atoms with Crippen LogP contribution in [-0.2, 0) is 14.8 Å².